The Morgan fingerprint density at radius 1 is 1.20 bits per heavy atom. The predicted octanol–water partition coefficient (Wildman–Crippen LogP) is 2.39. The number of carbonyl (C=O) groups is 1. The molecule has 0 amide bonds. The molecule has 0 bridgehead atoms. The van der Waals surface area contributed by atoms with Gasteiger partial charge in [-0.2, -0.15) is 0 Å². The average molecular weight is 218 g/mol. The lowest BCUT2D eigenvalue weighted by Crippen LogP contribution is -1.99. The molecule has 0 aliphatic carbocycles. The molecule has 2 rings (SSSR count). The van der Waals surface area contributed by atoms with Crippen LogP contribution in [0.3, 0.4) is 0 Å². The van der Waals surface area contributed by atoms with Crippen LogP contribution in [0.5, 0.6) is 0 Å². The summed E-state index contributed by atoms with van der Waals surface area (Å²) in [5.74, 6) is -0.00639. The van der Waals surface area contributed by atoms with E-state index in [1.54, 1.807) is 18.5 Å². The van der Waals surface area contributed by atoms with Gasteiger partial charge in [-0.05, 0) is 26.0 Å². The van der Waals surface area contributed by atoms with E-state index in [0.29, 0.717) is 10.4 Å². The summed E-state index contributed by atoms with van der Waals surface area (Å²) in [6.45, 7) is 3.78. The molecule has 0 spiro atoms. The molecule has 0 unspecified atom stereocenters. The number of rotatable bonds is 2. The molecule has 2 aromatic rings. The molecule has 0 aliphatic heterocycles. The second kappa shape index (κ2) is 3.90. The van der Waals surface area contributed by atoms with E-state index in [1.165, 1.54) is 11.3 Å². The smallest absolute Gasteiger partial charge is 0.206 e. The average Bonchev–Trinajstić information content (AvgIpc) is 2.65. The predicted molar refractivity (Wildman–Crippen MR) is 59.3 cm³/mol. The van der Waals surface area contributed by atoms with Gasteiger partial charge in [0.25, 0.3) is 0 Å². The van der Waals surface area contributed by atoms with Crippen molar-refractivity contribution in [3.8, 4) is 0 Å². The maximum atomic E-state index is 11.9. The summed E-state index contributed by atoms with van der Waals surface area (Å²) in [5.41, 5.74) is 1.52. The third kappa shape index (κ3) is 2.10. The number of carbonyl (C=O) groups excluding carboxylic acids is 1. The molecule has 0 radical (unpaired) electrons. The van der Waals surface area contributed by atoms with Crippen molar-refractivity contribution >= 4 is 17.1 Å². The Kier molecular flexibility index (Phi) is 2.60. The molecule has 15 heavy (non-hydrogen) atoms. The lowest BCUT2D eigenvalue weighted by atomic mass is 10.1. The van der Waals surface area contributed by atoms with E-state index in [1.807, 2.05) is 19.9 Å². The van der Waals surface area contributed by atoms with Crippen LogP contribution in [0.1, 0.15) is 25.9 Å². The minimum Gasteiger partial charge on any atom is -0.288 e. The van der Waals surface area contributed by atoms with E-state index < -0.39 is 0 Å². The van der Waals surface area contributed by atoms with E-state index >= 15 is 0 Å². The number of ketones is 1. The van der Waals surface area contributed by atoms with Gasteiger partial charge in [-0.25, -0.2) is 4.98 Å². The van der Waals surface area contributed by atoms with Gasteiger partial charge in [-0.3, -0.25) is 9.78 Å². The molecule has 0 N–H and O–H groups in total. The van der Waals surface area contributed by atoms with Crippen molar-refractivity contribution in [3.05, 3.63) is 45.7 Å². The minimum atomic E-state index is -0.00639. The Morgan fingerprint density at radius 2 is 2.00 bits per heavy atom. The maximum absolute atomic E-state index is 11.9. The van der Waals surface area contributed by atoms with Crippen molar-refractivity contribution < 1.29 is 4.79 Å². The molecular formula is C11H10N2OS. The van der Waals surface area contributed by atoms with Crippen LogP contribution in [0.25, 0.3) is 0 Å². The lowest BCUT2D eigenvalue weighted by molar-refractivity contribution is 0.104. The maximum Gasteiger partial charge on any atom is 0.206 e. The van der Waals surface area contributed by atoms with Crippen LogP contribution in [0.2, 0.25) is 0 Å². The van der Waals surface area contributed by atoms with Crippen molar-refractivity contribution in [2.45, 2.75) is 13.8 Å². The fourth-order valence-electron chi connectivity index (χ4n) is 1.21. The van der Waals surface area contributed by atoms with Gasteiger partial charge in [-0.15, -0.1) is 11.3 Å². The Labute approximate surface area is 91.8 Å². The molecule has 0 aliphatic rings. The second-order valence-corrected chi connectivity index (χ2v) is 4.50. The third-order valence-corrected chi connectivity index (χ3v) is 2.93. The molecule has 76 valence electrons. The first-order valence-corrected chi connectivity index (χ1v) is 5.38. The number of hydrogen-bond acceptors (Lipinski definition) is 4. The highest BCUT2D eigenvalue weighted by Gasteiger charge is 2.11. The second-order valence-electron chi connectivity index (χ2n) is 3.26. The zero-order valence-electron chi connectivity index (χ0n) is 8.52. The highest BCUT2D eigenvalue weighted by atomic mass is 32.1. The first-order valence-electron chi connectivity index (χ1n) is 4.56. The normalized spacial score (nSPS) is 10.3. The summed E-state index contributed by atoms with van der Waals surface area (Å²) in [6.07, 6.45) is 3.22. The Balaban J connectivity index is 2.32. The number of aryl methyl sites for hydroxylation is 2. The van der Waals surface area contributed by atoms with Gasteiger partial charge >= 0.3 is 0 Å². The zero-order chi connectivity index (χ0) is 10.8. The van der Waals surface area contributed by atoms with Gasteiger partial charge in [0.05, 0.1) is 9.88 Å². The SMILES string of the molecule is Cc1ccc(C(=O)c2cnc(C)s2)cn1. The topological polar surface area (TPSA) is 42.9 Å². The van der Waals surface area contributed by atoms with Crippen LogP contribution in [0.15, 0.2) is 24.5 Å². The Bertz CT molecular complexity index is 488. The Morgan fingerprint density at radius 3 is 2.53 bits per heavy atom. The fraction of sp³-hybridized carbons (Fsp3) is 0.182. The molecule has 0 atom stereocenters. The van der Waals surface area contributed by atoms with Crippen molar-refractivity contribution in [1.82, 2.24) is 9.97 Å². The molecule has 3 nitrogen and oxygen atoms in total. The summed E-state index contributed by atoms with van der Waals surface area (Å²) in [7, 11) is 0. The molecular weight excluding hydrogens is 208 g/mol. The van der Waals surface area contributed by atoms with E-state index in [4.69, 9.17) is 0 Å². The summed E-state index contributed by atoms with van der Waals surface area (Å²) >= 11 is 1.41. The van der Waals surface area contributed by atoms with Crippen LogP contribution in [0, 0.1) is 13.8 Å². The van der Waals surface area contributed by atoms with Crippen molar-refractivity contribution in [2.75, 3.05) is 0 Å². The number of nitrogens with zero attached hydrogens (tertiary/aromatic N) is 2. The molecule has 4 heteroatoms. The first-order chi connectivity index (χ1) is 7.16. The van der Waals surface area contributed by atoms with Gasteiger partial charge in [0.15, 0.2) is 0 Å². The standard InChI is InChI=1S/C11H10N2OS/c1-7-3-4-9(5-12-7)11(14)10-6-13-8(2)15-10/h3-6H,1-2H3. The first kappa shape index (κ1) is 9.98. The quantitative estimate of drug-likeness (QED) is 0.727. The van der Waals surface area contributed by atoms with Crippen LogP contribution < -0.4 is 0 Å². The summed E-state index contributed by atoms with van der Waals surface area (Å²) in [5, 5.41) is 0.901. The van der Waals surface area contributed by atoms with E-state index in [0.717, 1.165) is 10.7 Å². The Hall–Kier alpha value is -1.55. The summed E-state index contributed by atoms with van der Waals surface area (Å²) in [4.78, 5) is 20.7. The van der Waals surface area contributed by atoms with Crippen LogP contribution in [-0.2, 0) is 0 Å². The largest absolute Gasteiger partial charge is 0.288 e. The summed E-state index contributed by atoms with van der Waals surface area (Å²) in [6, 6.07) is 3.63. The zero-order valence-corrected chi connectivity index (χ0v) is 9.34. The van der Waals surface area contributed by atoms with Crippen molar-refractivity contribution in [3.63, 3.8) is 0 Å². The van der Waals surface area contributed by atoms with Crippen LogP contribution >= 0.6 is 11.3 Å². The lowest BCUT2D eigenvalue weighted by Gasteiger charge is -1.97. The number of aromatic nitrogens is 2. The van der Waals surface area contributed by atoms with Gasteiger partial charge in [0.1, 0.15) is 0 Å². The van der Waals surface area contributed by atoms with Crippen LogP contribution in [-0.4, -0.2) is 15.8 Å². The highest BCUT2D eigenvalue weighted by Crippen LogP contribution is 2.16. The molecule has 0 aromatic carbocycles. The van der Waals surface area contributed by atoms with E-state index in [-0.39, 0.29) is 5.78 Å². The molecule has 2 heterocycles. The van der Waals surface area contributed by atoms with Gasteiger partial charge in [0.2, 0.25) is 5.78 Å². The van der Waals surface area contributed by atoms with E-state index in [2.05, 4.69) is 9.97 Å². The van der Waals surface area contributed by atoms with Gasteiger partial charge < -0.3 is 0 Å². The molecule has 0 saturated carbocycles. The van der Waals surface area contributed by atoms with Gasteiger partial charge in [0, 0.05) is 23.7 Å². The number of hydrogen-bond donors (Lipinski definition) is 0. The number of pyridine rings is 1. The molecule has 0 saturated heterocycles. The summed E-state index contributed by atoms with van der Waals surface area (Å²) < 4.78 is 0. The minimum absolute atomic E-state index is 0.00639. The fourth-order valence-corrected chi connectivity index (χ4v) is 1.95. The van der Waals surface area contributed by atoms with Crippen LogP contribution in [0.4, 0.5) is 0 Å². The molecule has 2 aromatic heterocycles. The van der Waals surface area contributed by atoms with Crippen molar-refractivity contribution in [2.24, 2.45) is 0 Å². The highest BCUT2D eigenvalue weighted by molar-refractivity contribution is 7.13. The molecule has 0 fully saturated rings. The monoisotopic (exact) mass is 218 g/mol. The number of thiazole rings is 1. The third-order valence-electron chi connectivity index (χ3n) is 2.02. The van der Waals surface area contributed by atoms with Gasteiger partial charge in [-0.1, -0.05) is 0 Å². The van der Waals surface area contributed by atoms with Crippen molar-refractivity contribution in [1.29, 1.82) is 0 Å². The van der Waals surface area contributed by atoms with E-state index in [9.17, 15) is 4.79 Å².